The summed E-state index contributed by atoms with van der Waals surface area (Å²) in [5.41, 5.74) is 1.78. The highest BCUT2D eigenvalue weighted by molar-refractivity contribution is 9.10. The molecule has 1 saturated carbocycles. The number of anilines is 1. The highest BCUT2D eigenvalue weighted by Crippen LogP contribution is 2.27. The zero-order valence-corrected chi connectivity index (χ0v) is 13.7. The second-order valence-electron chi connectivity index (χ2n) is 5.55. The van der Waals surface area contributed by atoms with Gasteiger partial charge in [0.15, 0.2) is 6.61 Å². The third-order valence-electron chi connectivity index (χ3n) is 3.69. The van der Waals surface area contributed by atoms with Crippen LogP contribution in [0.15, 0.2) is 22.7 Å². The van der Waals surface area contributed by atoms with Gasteiger partial charge in [0.25, 0.3) is 5.91 Å². The Kier molecular flexibility index (Phi) is 5.79. The smallest absolute Gasteiger partial charge is 0.306 e. The van der Waals surface area contributed by atoms with Crippen molar-refractivity contribution in [1.29, 1.82) is 0 Å². The van der Waals surface area contributed by atoms with Gasteiger partial charge in [-0.05, 0) is 59.3 Å². The number of esters is 1. The van der Waals surface area contributed by atoms with Crippen LogP contribution in [-0.4, -0.2) is 18.5 Å². The topological polar surface area (TPSA) is 55.4 Å². The fourth-order valence-electron chi connectivity index (χ4n) is 2.56. The van der Waals surface area contributed by atoms with Crippen LogP contribution in [0.3, 0.4) is 0 Å². The first-order valence-electron chi connectivity index (χ1n) is 7.26. The number of rotatable bonds is 5. The molecule has 2 rings (SSSR count). The van der Waals surface area contributed by atoms with E-state index in [1.54, 1.807) is 0 Å². The molecule has 0 unspecified atom stereocenters. The Morgan fingerprint density at radius 2 is 2.05 bits per heavy atom. The van der Waals surface area contributed by atoms with Gasteiger partial charge >= 0.3 is 5.97 Å². The molecule has 4 nitrogen and oxygen atoms in total. The number of ether oxygens (including phenoxy) is 1. The highest BCUT2D eigenvalue weighted by Gasteiger charge is 2.19. The normalized spacial score (nSPS) is 15.0. The maximum atomic E-state index is 11.8. The lowest BCUT2D eigenvalue weighted by molar-refractivity contribution is -0.148. The summed E-state index contributed by atoms with van der Waals surface area (Å²) in [6, 6.07) is 5.64. The van der Waals surface area contributed by atoms with E-state index in [1.807, 2.05) is 25.1 Å². The Hall–Kier alpha value is -1.36. The Bertz CT molecular complexity index is 524. The molecule has 114 valence electrons. The average Bonchev–Trinajstić information content (AvgIpc) is 2.92. The van der Waals surface area contributed by atoms with E-state index in [4.69, 9.17) is 4.74 Å². The molecule has 1 aliphatic carbocycles. The van der Waals surface area contributed by atoms with Gasteiger partial charge in [0.1, 0.15) is 0 Å². The molecule has 1 aromatic carbocycles. The lowest BCUT2D eigenvalue weighted by atomic mass is 10.1. The van der Waals surface area contributed by atoms with Crippen LogP contribution in [-0.2, 0) is 14.3 Å². The minimum absolute atomic E-state index is 0.230. The number of hydrogen-bond acceptors (Lipinski definition) is 3. The first-order valence-corrected chi connectivity index (χ1v) is 8.05. The Morgan fingerprint density at radius 3 is 2.71 bits per heavy atom. The second-order valence-corrected chi connectivity index (χ2v) is 6.40. The van der Waals surface area contributed by atoms with Gasteiger partial charge in [-0.2, -0.15) is 0 Å². The highest BCUT2D eigenvalue weighted by atomic mass is 79.9. The molecule has 5 heteroatoms. The molecule has 1 fully saturated rings. The van der Waals surface area contributed by atoms with Crippen molar-refractivity contribution < 1.29 is 14.3 Å². The van der Waals surface area contributed by atoms with Crippen molar-refractivity contribution >= 4 is 33.5 Å². The maximum absolute atomic E-state index is 11.8. The van der Waals surface area contributed by atoms with Crippen LogP contribution < -0.4 is 5.32 Å². The summed E-state index contributed by atoms with van der Waals surface area (Å²) in [6.45, 7) is 1.74. The van der Waals surface area contributed by atoms with Crippen molar-refractivity contribution in [2.24, 2.45) is 5.92 Å². The number of carbonyl (C=O) groups is 2. The van der Waals surface area contributed by atoms with Gasteiger partial charge in [0.05, 0.1) is 5.69 Å². The van der Waals surface area contributed by atoms with Crippen LogP contribution >= 0.6 is 15.9 Å². The number of carbonyl (C=O) groups excluding carboxylic acids is 2. The van der Waals surface area contributed by atoms with Crippen molar-refractivity contribution in [3.63, 3.8) is 0 Å². The molecule has 0 spiro atoms. The van der Waals surface area contributed by atoms with Gasteiger partial charge in [-0.3, -0.25) is 9.59 Å². The monoisotopic (exact) mass is 353 g/mol. The van der Waals surface area contributed by atoms with E-state index in [9.17, 15) is 9.59 Å². The summed E-state index contributed by atoms with van der Waals surface area (Å²) < 4.78 is 5.85. The zero-order chi connectivity index (χ0) is 15.2. The third-order valence-corrected chi connectivity index (χ3v) is 4.35. The number of benzene rings is 1. The van der Waals surface area contributed by atoms with E-state index >= 15 is 0 Å². The maximum Gasteiger partial charge on any atom is 0.306 e. The van der Waals surface area contributed by atoms with Gasteiger partial charge in [-0.15, -0.1) is 0 Å². The van der Waals surface area contributed by atoms with Crippen LogP contribution in [0.1, 0.15) is 37.7 Å². The molecule has 0 atom stereocenters. The quantitative estimate of drug-likeness (QED) is 0.818. The average molecular weight is 354 g/mol. The molecule has 0 bridgehead atoms. The lowest BCUT2D eigenvalue weighted by Gasteiger charge is -2.10. The van der Waals surface area contributed by atoms with Gasteiger partial charge < -0.3 is 10.1 Å². The molecule has 1 aliphatic rings. The molecule has 0 saturated heterocycles. The molecule has 1 N–H and O–H groups in total. The van der Waals surface area contributed by atoms with E-state index in [2.05, 4.69) is 21.2 Å². The number of hydrogen-bond donors (Lipinski definition) is 1. The van der Waals surface area contributed by atoms with Crippen molar-refractivity contribution in [3.05, 3.63) is 28.2 Å². The Morgan fingerprint density at radius 1 is 1.33 bits per heavy atom. The molecule has 21 heavy (non-hydrogen) atoms. The summed E-state index contributed by atoms with van der Waals surface area (Å²) in [7, 11) is 0. The van der Waals surface area contributed by atoms with Crippen molar-refractivity contribution in [2.75, 3.05) is 11.9 Å². The fraction of sp³-hybridized carbons (Fsp3) is 0.500. The largest absolute Gasteiger partial charge is 0.456 e. The van der Waals surface area contributed by atoms with Crippen LogP contribution in [0.5, 0.6) is 0 Å². The summed E-state index contributed by atoms with van der Waals surface area (Å²) in [5.74, 6) is -0.161. The van der Waals surface area contributed by atoms with E-state index in [0.29, 0.717) is 18.0 Å². The Labute approximate surface area is 133 Å². The van der Waals surface area contributed by atoms with E-state index in [1.165, 1.54) is 12.8 Å². The van der Waals surface area contributed by atoms with Gasteiger partial charge in [-0.25, -0.2) is 0 Å². The van der Waals surface area contributed by atoms with Crippen LogP contribution in [0.25, 0.3) is 0 Å². The number of amides is 1. The molecule has 0 heterocycles. The fourth-order valence-corrected chi connectivity index (χ4v) is 3.16. The molecule has 0 aromatic heterocycles. The van der Waals surface area contributed by atoms with E-state index < -0.39 is 0 Å². The van der Waals surface area contributed by atoms with Gasteiger partial charge in [0.2, 0.25) is 0 Å². The third kappa shape index (κ3) is 5.16. The minimum Gasteiger partial charge on any atom is -0.456 e. The van der Waals surface area contributed by atoms with Crippen molar-refractivity contribution in [1.82, 2.24) is 0 Å². The standard InChI is InChI=1S/C16H20BrNO3/c1-11-6-7-14(13(17)8-11)18-15(19)10-21-16(20)9-12-4-2-3-5-12/h6-8,12H,2-5,9-10H2,1H3,(H,18,19). The zero-order valence-electron chi connectivity index (χ0n) is 12.2. The molecular weight excluding hydrogens is 334 g/mol. The van der Waals surface area contributed by atoms with Crippen LogP contribution in [0.2, 0.25) is 0 Å². The number of halogens is 1. The molecular formula is C16H20BrNO3. The predicted octanol–water partition coefficient (Wildman–Crippen LogP) is 3.82. The van der Waals surface area contributed by atoms with Crippen molar-refractivity contribution in [3.8, 4) is 0 Å². The summed E-state index contributed by atoms with van der Waals surface area (Å²) >= 11 is 3.39. The van der Waals surface area contributed by atoms with Gasteiger partial charge in [0, 0.05) is 10.9 Å². The van der Waals surface area contributed by atoms with Crippen molar-refractivity contribution in [2.45, 2.75) is 39.0 Å². The van der Waals surface area contributed by atoms with Crippen LogP contribution in [0, 0.1) is 12.8 Å². The second kappa shape index (κ2) is 7.59. The van der Waals surface area contributed by atoms with Crippen LogP contribution in [0.4, 0.5) is 5.69 Å². The number of aryl methyl sites for hydroxylation is 1. The molecule has 1 amide bonds. The summed E-state index contributed by atoms with van der Waals surface area (Å²) in [4.78, 5) is 23.4. The Balaban J connectivity index is 1.75. The first kappa shape index (κ1) is 16.0. The van der Waals surface area contributed by atoms with Gasteiger partial charge in [-0.1, -0.05) is 18.9 Å². The minimum atomic E-state index is -0.320. The summed E-state index contributed by atoms with van der Waals surface area (Å²) in [5, 5.41) is 2.72. The predicted molar refractivity (Wildman–Crippen MR) is 85.0 cm³/mol. The molecule has 0 radical (unpaired) electrons. The van der Waals surface area contributed by atoms with E-state index in [0.717, 1.165) is 22.9 Å². The molecule has 0 aliphatic heterocycles. The van der Waals surface area contributed by atoms with E-state index in [-0.39, 0.29) is 18.5 Å². The SMILES string of the molecule is Cc1ccc(NC(=O)COC(=O)CC2CCCC2)c(Br)c1. The molecule has 1 aromatic rings. The summed E-state index contributed by atoms with van der Waals surface area (Å²) in [6.07, 6.45) is 5.01. The number of nitrogens with one attached hydrogen (secondary N) is 1. The lowest BCUT2D eigenvalue weighted by Crippen LogP contribution is -2.21. The first-order chi connectivity index (χ1) is 10.0.